The van der Waals surface area contributed by atoms with Crippen LogP contribution in [0.4, 0.5) is 10.1 Å². The number of hydrogen-bond acceptors (Lipinski definition) is 2. The number of alkyl halides is 1. The summed E-state index contributed by atoms with van der Waals surface area (Å²) in [5, 5.41) is 3.21. The number of benzene rings is 1. The second-order valence-electron chi connectivity index (χ2n) is 4.32. The van der Waals surface area contributed by atoms with E-state index >= 15 is 0 Å². The maximum absolute atomic E-state index is 13.7. The van der Waals surface area contributed by atoms with Crippen molar-refractivity contribution in [2.45, 2.75) is 12.6 Å². The van der Waals surface area contributed by atoms with Crippen LogP contribution in [0.2, 0.25) is 0 Å². The minimum absolute atomic E-state index is 0.808. The normalized spacial score (nSPS) is 22.3. The second kappa shape index (κ2) is 5.08. The van der Waals surface area contributed by atoms with E-state index in [9.17, 15) is 4.39 Å². The van der Waals surface area contributed by atoms with E-state index in [1.54, 1.807) is 19.3 Å². The largest absolute Gasteiger partial charge is 0.497 e. The molecule has 0 radical (unpaired) electrons. The molecule has 3 heteroatoms. The molecule has 0 aliphatic heterocycles. The lowest BCUT2D eigenvalue weighted by molar-refractivity contribution is 0.328. The number of halogens is 1. The molecule has 0 saturated carbocycles. The summed E-state index contributed by atoms with van der Waals surface area (Å²) in [6.45, 7) is 1.52. The summed E-state index contributed by atoms with van der Waals surface area (Å²) in [5.74, 6) is 0.808. The molecule has 0 fully saturated rings. The highest BCUT2D eigenvalue weighted by Crippen LogP contribution is 2.21. The highest BCUT2D eigenvalue weighted by molar-refractivity contribution is 5.54. The zero-order valence-corrected chi connectivity index (χ0v) is 10.5. The molecule has 1 aromatic rings. The van der Waals surface area contributed by atoms with Gasteiger partial charge in [-0.3, -0.25) is 0 Å². The number of rotatable bonds is 3. The zero-order chi connectivity index (χ0) is 13.0. The highest BCUT2D eigenvalue weighted by atomic mass is 19.1. The molecule has 1 N–H and O–H groups in total. The zero-order valence-electron chi connectivity index (χ0n) is 10.5. The smallest absolute Gasteiger partial charge is 0.145 e. The summed E-state index contributed by atoms with van der Waals surface area (Å²) in [4.78, 5) is 0. The predicted octanol–water partition coefficient (Wildman–Crippen LogP) is 3.85. The lowest BCUT2D eigenvalue weighted by Gasteiger charge is -2.09. The van der Waals surface area contributed by atoms with Crippen molar-refractivity contribution in [3.05, 3.63) is 60.3 Å². The number of anilines is 1. The van der Waals surface area contributed by atoms with E-state index in [1.807, 2.05) is 30.3 Å². The van der Waals surface area contributed by atoms with Gasteiger partial charge in [0.25, 0.3) is 0 Å². The number of nitrogens with one attached hydrogen (secondary N) is 1. The Labute approximate surface area is 106 Å². The fourth-order valence-corrected chi connectivity index (χ4v) is 1.63. The van der Waals surface area contributed by atoms with E-state index in [2.05, 4.69) is 5.32 Å². The number of methoxy groups -OCH3 is 1. The van der Waals surface area contributed by atoms with Gasteiger partial charge in [-0.25, -0.2) is 4.39 Å². The third-order valence-corrected chi connectivity index (χ3v) is 2.67. The first-order valence-corrected chi connectivity index (χ1v) is 5.78. The second-order valence-corrected chi connectivity index (χ2v) is 4.32. The minimum Gasteiger partial charge on any atom is -0.497 e. The van der Waals surface area contributed by atoms with E-state index in [4.69, 9.17) is 4.74 Å². The first-order chi connectivity index (χ1) is 8.59. The molecule has 18 heavy (non-hydrogen) atoms. The van der Waals surface area contributed by atoms with Crippen molar-refractivity contribution in [3.8, 4) is 5.75 Å². The van der Waals surface area contributed by atoms with Crippen LogP contribution < -0.4 is 10.1 Å². The Morgan fingerprint density at radius 3 is 2.56 bits per heavy atom. The van der Waals surface area contributed by atoms with Crippen molar-refractivity contribution in [1.82, 2.24) is 0 Å². The first kappa shape index (κ1) is 12.4. The molecule has 1 atom stereocenters. The molecule has 0 bridgehead atoms. The summed E-state index contributed by atoms with van der Waals surface area (Å²) >= 11 is 0. The lowest BCUT2D eigenvalue weighted by atomic mass is 10.1. The Balaban J connectivity index is 2.10. The molecule has 2 rings (SSSR count). The monoisotopic (exact) mass is 245 g/mol. The van der Waals surface area contributed by atoms with Crippen LogP contribution in [-0.2, 0) is 0 Å². The Morgan fingerprint density at radius 1 is 1.17 bits per heavy atom. The predicted molar refractivity (Wildman–Crippen MR) is 72.5 cm³/mol. The average molecular weight is 245 g/mol. The van der Waals surface area contributed by atoms with Crippen molar-refractivity contribution in [1.29, 1.82) is 0 Å². The molecule has 0 amide bonds. The van der Waals surface area contributed by atoms with Gasteiger partial charge in [-0.15, -0.1) is 0 Å². The molecule has 94 valence electrons. The minimum atomic E-state index is -1.39. The van der Waals surface area contributed by atoms with Crippen molar-refractivity contribution < 1.29 is 9.13 Å². The standard InChI is InChI=1S/C15H16FNO/c1-15(16)10-3-4-12(9-11-15)17-13-5-7-14(18-2)8-6-13/h3-11,17H,1-2H3. The van der Waals surface area contributed by atoms with Crippen molar-refractivity contribution in [2.24, 2.45) is 0 Å². The van der Waals surface area contributed by atoms with Crippen molar-refractivity contribution in [2.75, 3.05) is 12.4 Å². The van der Waals surface area contributed by atoms with Gasteiger partial charge in [0.15, 0.2) is 0 Å². The molecular formula is C15H16FNO. The average Bonchev–Trinajstić information content (AvgIpc) is 2.52. The van der Waals surface area contributed by atoms with Crippen LogP contribution >= 0.6 is 0 Å². The van der Waals surface area contributed by atoms with Gasteiger partial charge in [0.2, 0.25) is 0 Å². The van der Waals surface area contributed by atoms with Gasteiger partial charge in [0, 0.05) is 11.4 Å². The van der Waals surface area contributed by atoms with E-state index in [0.29, 0.717) is 0 Å². The summed E-state index contributed by atoms with van der Waals surface area (Å²) in [7, 11) is 1.63. The number of ether oxygens (including phenoxy) is 1. The molecule has 2 nitrogen and oxygen atoms in total. The summed E-state index contributed by atoms with van der Waals surface area (Å²) < 4.78 is 18.8. The first-order valence-electron chi connectivity index (χ1n) is 5.78. The van der Waals surface area contributed by atoms with Gasteiger partial charge in [-0.1, -0.05) is 6.08 Å². The topological polar surface area (TPSA) is 21.3 Å². The van der Waals surface area contributed by atoms with E-state index in [-0.39, 0.29) is 0 Å². The Bertz CT molecular complexity index is 498. The van der Waals surface area contributed by atoms with Crippen LogP contribution in [-0.4, -0.2) is 12.8 Å². The lowest BCUT2D eigenvalue weighted by Crippen LogP contribution is -2.08. The van der Waals surface area contributed by atoms with Crippen LogP contribution in [0.15, 0.2) is 60.3 Å². The molecule has 0 spiro atoms. The summed E-state index contributed by atoms with van der Waals surface area (Å²) in [5.41, 5.74) is 0.389. The summed E-state index contributed by atoms with van der Waals surface area (Å²) in [6.07, 6.45) is 8.34. The molecule has 0 aromatic heterocycles. The van der Waals surface area contributed by atoms with Gasteiger partial charge >= 0.3 is 0 Å². The number of allylic oxidation sites excluding steroid dienone is 5. The fraction of sp³-hybridized carbons (Fsp3) is 0.200. The van der Waals surface area contributed by atoms with Gasteiger partial charge in [-0.2, -0.15) is 0 Å². The van der Waals surface area contributed by atoms with Crippen LogP contribution in [0.5, 0.6) is 5.75 Å². The maximum atomic E-state index is 13.7. The fourth-order valence-electron chi connectivity index (χ4n) is 1.63. The van der Waals surface area contributed by atoms with Crippen LogP contribution in [0.1, 0.15) is 6.92 Å². The van der Waals surface area contributed by atoms with E-state index in [1.165, 1.54) is 19.1 Å². The van der Waals surface area contributed by atoms with E-state index in [0.717, 1.165) is 17.1 Å². The Morgan fingerprint density at radius 2 is 1.89 bits per heavy atom. The van der Waals surface area contributed by atoms with Crippen LogP contribution in [0.3, 0.4) is 0 Å². The molecule has 0 heterocycles. The van der Waals surface area contributed by atoms with Crippen LogP contribution in [0.25, 0.3) is 0 Å². The van der Waals surface area contributed by atoms with Gasteiger partial charge in [-0.05, 0) is 55.5 Å². The Kier molecular flexibility index (Phi) is 3.51. The van der Waals surface area contributed by atoms with Gasteiger partial charge in [0.05, 0.1) is 7.11 Å². The molecule has 1 aliphatic rings. The maximum Gasteiger partial charge on any atom is 0.145 e. The summed E-state index contributed by atoms with van der Waals surface area (Å²) in [6, 6.07) is 7.57. The number of hydrogen-bond donors (Lipinski definition) is 1. The van der Waals surface area contributed by atoms with Gasteiger partial charge < -0.3 is 10.1 Å². The van der Waals surface area contributed by atoms with Gasteiger partial charge in [0.1, 0.15) is 11.4 Å². The third kappa shape index (κ3) is 3.23. The molecular weight excluding hydrogens is 229 g/mol. The SMILES string of the molecule is COc1ccc(NC2=CC=CC(C)(F)C=C2)cc1. The highest BCUT2D eigenvalue weighted by Gasteiger charge is 2.15. The molecule has 1 aromatic carbocycles. The van der Waals surface area contributed by atoms with Crippen molar-refractivity contribution in [3.63, 3.8) is 0 Å². The van der Waals surface area contributed by atoms with E-state index < -0.39 is 5.67 Å². The third-order valence-electron chi connectivity index (χ3n) is 2.67. The molecule has 1 unspecified atom stereocenters. The van der Waals surface area contributed by atoms with Crippen LogP contribution in [0, 0.1) is 0 Å². The molecule has 1 aliphatic carbocycles. The Hall–Kier alpha value is -2.03. The van der Waals surface area contributed by atoms with Crippen molar-refractivity contribution >= 4 is 5.69 Å². The quantitative estimate of drug-likeness (QED) is 0.873. The molecule has 0 saturated heterocycles.